The zero-order chi connectivity index (χ0) is 10.4. The lowest BCUT2D eigenvalue weighted by molar-refractivity contribution is -0.134. The molecule has 0 aromatic heterocycles. The Bertz CT molecular complexity index is 310. The van der Waals surface area contributed by atoms with Crippen LogP contribution in [-0.2, 0) is 14.4 Å². The van der Waals surface area contributed by atoms with Crippen LogP contribution in [0.1, 0.15) is 0 Å². The molecule has 1 N–H and O–H groups in total. The lowest BCUT2D eigenvalue weighted by Gasteiger charge is -1.93. The number of carboxylic acids is 1. The molecule has 0 aromatic carbocycles. The maximum atomic E-state index is 10.9. The molecule has 0 aliphatic heterocycles. The zero-order valence-electron chi connectivity index (χ0n) is 6.82. The lowest BCUT2D eigenvalue weighted by atomic mass is 10.1. The fourth-order valence-corrected chi connectivity index (χ4v) is 0.549. The normalized spacial score (nSPS) is 10.3. The predicted molar refractivity (Wildman–Crippen MR) is 46.1 cm³/mol. The van der Waals surface area contributed by atoms with E-state index in [-0.39, 0.29) is 0 Å². The van der Waals surface area contributed by atoms with Crippen LogP contribution in [0.5, 0.6) is 0 Å². The third-order valence-corrected chi connectivity index (χ3v) is 1.17. The Kier molecular flexibility index (Phi) is 4.09. The van der Waals surface area contributed by atoms with E-state index in [9.17, 15) is 14.4 Å². The SMILES string of the molecule is C=CC(=O)C=C(C(=O)O)C(=O)C=C. The second-order valence-corrected chi connectivity index (χ2v) is 2.04. The molecule has 4 nitrogen and oxygen atoms in total. The summed E-state index contributed by atoms with van der Waals surface area (Å²) < 4.78 is 0. The topological polar surface area (TPSA) is 71.4 Å². The molecule has 0 bridgehead atoms. The van der Waals surface area contributed by atoms with Gasteiger partial charge in [0.05, 0.1) is 0 Å². The average Bonchev–Trinajstić information content (AvgIpc) is 2.11. The summed E-state index contributed by atoms with van der Waals surface area (Å²) >= 11 is 0. The van der Waals surface area contributed by atoms with E-state index in [0.717, 1.165) is 12.2 Å². The van der Waals surface area contributed by atoms with Crippen LogP contribution in [0.4, 0.5) is 0 Å². The van der Waals surface area contributed by atoms with Crippen molar-refractivity contribution in [2.75, 3.05) is 0 Å². The Balaban J connectivity index is 5.02. The molecule has 0 spiro atoms. The molecule has 68 valence electrons. The van der Waals surface area contributed by atoms with Crippen LogP contribution in [0, 0.1) is 0 Å². The number of carbonyl (C=O) groups excluding carboxylic acids is 2. The second-order valence-electron chi connectivity index (χ2n) is 2.04. The van der Waals surface area contributed by atoms with Gasteiger partial charge in [0.2, 0.25) is 0 Å². The van der Waals surface area contributed by atoms with Gasteiger partial charge >= 0.3 is 5.97 Å². The summed E-state index contributed by atoms with van der Waals surface area (Å²) in [6.45, 7) is 6.24. The molecule has 0 fully saturated rings. The maximum absolute atomic E-state index is 10.9. The minimum atomic E-state index is -1.46. The van der Waals surface area contributed by atoms with E-state index >= 15 is 0 Å². The molecule has 0 unspecified atom stereocenters. The number of carboxylic acid groups (broad SMARTS) is 1. The first-order valence-corrected chi connectivity index (χ1v) is 3.31. The summed E-state index contributed by atoms with van der Waals surface area (Å²) in [5.41, 5.74) is -0.611. The Morgan fingerprint density at radius 1 is 1.08 bits per heavy atom. The number of carbonyl (C=O) groups is 3. The van der Waals surface area contributed by atoms with Crippen LogP contribution in [0.2, 0.25) is 0 Å². The van der Waals surface area contributed by atoms with Gasteiger partial charge in [0.1, 0.15) is 5.57 Å². The quantitative estimate of drug-likeness (QED) is 0.380. The van der Waals surface area contributed by atoms with Crippen LogP contribution >= 0.6 is 0 Å². The first-order chi connectivity index (χ1) is 6.02. The minimum Gasteiger partial charge on any atom is -0.478 e. The van der Waals surface area contributed by atoms with Crippen LogP contribution < -0.4 is 0 Å². The van der Waals surface area contributed by atoms with E-state index in [4.69, 9.17) is 5.11 Å². The summed E-state index contributed by atoms with van der Waals surface area (Å²) in [4.78, 5) is 32.0. The van der Waals surface area contributed by atoms with Crippen molar-refractivity contribution >= 4 is 17.5 Å². The van der Waals surface area contributed by atoms with Crippen LogP contribution in [0.25, 0.3) is 0 Å². The van der Waals surface area contributed by atoms with Crippen LogP contribution in [0.3, 0.4) is 0 Å². The van der Waals surface area contributed by atoms with Gasteiger partial charge in [-0.25, -0.2) is 4.79 Å². The number of allylic oxidation sites excluding steroid dienone is 3. The highest BCUT2D eigenvalue weighted by Gasteiger charge is 2.14. The number of hydrogen-bond acceptors (Lipinski definition) is 3. The molecule has 0 aliphatic carbocycles. The first-order valence-electron chi connectivity index (χ1n) is 3.31. The van der Waals surface area contributed by atoms with Crippen molar-refractivity contribution in [1.29, 1.82) is 0 Å². The smallest absolute Gasteiger partial charge is 0.339 e. The van der Waals surface area contributed by atoms with Gasteiger partial charge in [0.25, 0.3) is 0 Å². The van der Waals surface area contributed by atoms with Crippen LogP contribution in [-0.4, -0.2) is 22.6 Å². The van der Waals surface area contributed by atoms with Gasteiger partial charge < -0.3 is 5.11 Å². The number of aliphatic carboxylic acids is 1. The zero-order valence-corrected chi connectivity index (χ0v) is 6.82. The highest BCUT2D eigenvalue weighted by molar-refractivity contribution is 6.24. The molecule has 0 aromatic rings. The molecule has 4 heteroatoms. The lowest BCUT2D eigenvalue weighted by Crippen LogP contribution is -2.11. The van der Waals surface area contributed by atoms with E-state index < -0.39 is 23.1 Å². The average molecular weight is 180 g/mol. The summed E-state index contributed by atoms with van der Waals surface area (Å²) in [7, 11) is 0. The molecule has 0 saturated heterocycles. The third-order valence-electron chi connectivity index (χ3n) is 1.17. The molecule has 0 atom stereocenters. The Hall–Kier alpha value is -1.97. The van der Waals surface area contributed by atoms with Crippen molar-refractivity contribution in [2.45, 2.75) is 0 Å². The Labute approximate surface area is 74.9 Å². The van der Waals surface area contributed by atoms with E-state index in [1.165, 1.54) is 0 Å². The van der Waals surface area contributed by atoms with Gasteiger partial charge in [-0.05, 0) is 12.2 Å². The summed E-state index contributed by atoms with van der Waals surface area (Å²) in [5, 5.41) is 8.50. The fraction of sp³-hybridized carbons (Fsp3) is 0. The highest BCUT2D eigenvalue weighted by atomic mass is 16.4. The van der Waals surface area contributed by atoms with Gasteiger partial charge in [0, 0.05) is 6.08 Å². The largest absolute Gasteiger partial charge is 0.478 e. The minimum absolute atomic E-state index is 0.611. The molecule has 13 heavy (non-hydrogen) atoms. The number of hydrogen-bond donors (Lipinski definition) is 1. The fourth-order valence-electron chi connectivity index (χ4n) is 0.549. The summed E-state index contributed by atoms with van der Waals surface area (Å²) in [5.74, 6) is -2.89. The van der Waals surface area contributed by atoms with Crippen molar-refractivity contribution < 1.29 is 19.5 Å². The molecular weight excluding hydrogens is 172 g/mol. The number of rotatable bonds is 5. The van der Waals surface area contributed by atoms with E-state index in [0.29, 0.717) is 6.08 Å². The maximum Gasteiger partial charge on any atom is 0.339 e. The highest BCUT2D eigenvalue weighted by Crippen LogP contribution is 1.98. The predicted octanol–water partition coefficient (Wildman–Crippen LogP) is 0.508. The van der Waals surface area contributed by atoms with Crippen molar-refractivity contribution in [1.82, 2.24) is 0 Å². The van der Waals surface area contributed by atoms with E-state index in [1.807, 2.05) is 0 Å². The molecule has 0 amide bonds. The molecule has 0 heterocycles. The number of ketones is 2. The van der Waals surface area contributed by atoms with Gasteiger partial charge in [-0.1, -0.05) is 13.2 Å². The van der Waals surface area contributed by atoms with Gasteiger partial charge in [0.15, 0.2) is 11.6 Å². The molecule has 0 saturated carbocycles. The van der Waals surface area contributed by atoms with Crippen molar-refractivity contribution in [3.63, 3.8) is 0 Å². The van der Waals surface area contributed by atoms with Crippen molar-refractivity contribution in [2.24, 2.45) is 0 Å². The molecule has 0 aliphatic rings. The van der Waals surface area contributed by atoms with Crippen molar-refractivity contribution in [3.05, 3.63) is 37.0 Å². The van der Waals surface area contributed by atoms with Crippen LogP contribution in [0.15, 0.2) is 37.0 Å². The Morgan fingerprint density at radius 2 is 1.62 bits per heavy atom. The van der Waals surface area contributed by atoms with Gasteiger partial charge in [-0.2, -0.15) is 0 Å². The monoisotopic (exact) mass is 180 g/mol. The Morgan fingerprint density at radius 3 is 1.92 bits per heavy atom. The summed E-state index contributed by atoms with van der Waals surface area (Å²) in [6, 6.07) is 0. The molecule has 0 rings (SSSR count). The standard InChI is InChI=1S/C9H8O4/c1-3-6(10)5-7(9(12)13)8(11)4-2/h3-5H,1-2H2,(H,12,13). The molecule has 0 radical (unpaired) electrons. The van der Waals surface area contributed by atoms with E-state index in [2.05, 4.69) is 13.2 Å². The van der Waals surface area contributed by atoms with Gasteiger partial charge in [-0.3, -0.25) is 9.59 Å². The second kappa shape index (κ2) is 4.82. The third kappa shape index (κ3) is 3.29. The van der Waals surface area contributed by atoms with Gasteiger partial charge in [-0.15, -0.1) is 0 Å². The summed E-state index contributed by atoms with van der Waals surface area (Å²) in [6.07, 6.45) is 2.45. The van der Waals surface area contributed by atoms with Crippen molar-refractivity contribution in [3.8, 4) is 0 Å². The first kappa shape index (κ1) is 11.0. The molecular formula is C9H8O4. The van der Waals surface area contributed by atoms with E-state index in [1.54, 1.807) is 0 Å².